The maximum atomic E-state index is 8.80. The summed E-state index contributed by atoms with van der Waals surface area (Å²) in [7, 11) is 0. The number of morpholine rings is 1. The van der Waals surface area contributed by atoms with Gasteiger partial charge in [-0.2, -0.15) is 5.26 Å². The van der Waals surface area contributed by atoms with Crippen molar-refractivity contribution < 1.29 is 9.47 Å². The van der Waals surface area contributed by atoms with Crippen LogP contribution in [0.2, 0.25) is 0 Å². The normalized spacial score (nSPS) is 19.9. The first-order valence-corrected chi connectivity index (χ1v) is 6.75. The Morgan fingerprint density at radius 3 is 3.21 bits per heavy atom. The molecule has 0 N–H and O–H groups in total. The van der Waals surface area contributed by atoms with Gasteiger partial charge in [0.05, 0.1) is 31.0 Å². The minimum atomic E-state index is 0.335. The molecule has 4 nitrogen and oxygen atoms in total. The molecule has 1 aliphatic heterocycles. The van der Waals surface area contributed by atoms with Crippen LogP contribution in [0.1, 0.15) is 18.9 Å². The minimum absolute atomic E-state index is 0.335. The summed E-state index contributed by atoms with van der Waals surface area (Å²) in [6.45, 7) is 6.66. The van der Waals surface area contributed by atoms with E-state index in [1.165, 1.54) is 0 Å². The van der Waals surface area contributed by atoms with E-state index in [0.717, 1.165) is 38.4 Å². The van der Waals surface area contributed by atoms with Crippen LogP contribution < -0.4 is 4.74 Å². The number of rotatable bonds is 5. The van der Waals surface area contributed by atoms with Gasteiger partial charge in [-0.05, 0) is 31.5 Å². The van der Waals surface area contributed by atoms with Crippen LogP contribution in [0.3, 0.4) is 0 Å². The third-order valence-electron chi connectivity index (χ3n) is 3.18. The summed E-state index contributed by atoms with van der Waals surface area (Å²) in [6.07, 6.45) is 1.32. The van der Waals surface area contributed by atoms with Gasteiger partial charge in [-0.15, -0.1) is 0 Å². The van der Waals surface area contributed by atoms with Gasteiger partial charge in [0.2, 0.25) is 0 Å². The number of hydrogen-bond donors (Lipinski definition) is 0. The van der Waals surface area contributed by atoms with E-state index in [0.29, 0.717) is 18.3 Å². The third-order valence-corrected chi connectivity index (χ3v) is 3.18. The molecular formula is C15H20N2O2. The van der Waals surface area contributed by atoms with E-state index in [9.17, 15) is 0 Å². The summed E-state index contributed by atoms with van der Waals surface area (Å²) in [5.41, 5.74) is 0.638. The maximum Gasteiger partial charge on any atom is 0.120 e. The van der Waals surface area contributed by atoms with Gasteiger partial charge in [-0.3, -0.25) is 4.90 Å². The maximum absolute atomic E-state index is 8.80. The average Bonchev–Trinajstić information content (AvgIpc) is 2.44. The number of nitrogens with zero attached hydrogens (tertiary/aromatic N) is 2. The van der Waals surface area contributed by atoms with Crippen molar-refractivity contribution in [2.24, 2.45) is 0 Å². The zero-order valence-electron chi connectivity index (χ0n) is 11.3. The largest absolute Gasteiger partial charge is 0.494 e. The molecular weight excluding hydrogens is 240 g/mol. The number of nitriles is 1. The highest BCUT2D eigenvalue weighted by molar-refractivity contribution is 5.36. The van der Waals surface area contributed by atoms with Crippen LogP contribution >= 0.6 is 0 Å². The molecule has 102 valence electrons. The van der Waals surface area contributed by atoms with Crippen LogP contribution in [-0.2, 0) is 4.74 Å². The second-order valence-corrected chi connectivity index (χ2v) is 4.82. The first-order chi connectivity index (χ1) is 9.28. The lowest BCUT2D eigenvalue weighted by molar-refractivity contribution is -0.0193. The van der Waals surface area contributed by atoms with E-state index in [4.69, 9.17) is 14.7 Å². The van der Waals surface area contributed by atoms with Crippen molar-refractivity contribution in [3.63, 3.8) is 0 Å². The molecule has 0 aliphatic carbocycles. The highest BCUT2D eigenvalue weighted by Gasteiger charge is 2.15. The molecule has 1 aliphatic rings. The van der Waals surface area contributed by atoms with Crippen molar-refractivity contribution in [1.29, 1.82) is 5.26 Å². The standard InChI is InChI=1S/C15H20N2O2/c1-13-12-17(7-9-18-13)6-3-8-19-15-5-2-4-14(10-15)11-16/h2,4-5,10,13H,3,6-9,12H2,1H3. The van der Waals surface area contributed by atoms with Crippen molar-refractivity contribution in [2.45, 2.75) is 19.4 Å². The topological polar surface area (TPSA) is 45.5 Å². The Labute approximate surface area is 114 Å². The van der Waals surface area contributed by atoms with Crippen molar-refractivity contribution in [2.75, 3.05) is 32.8 Å². The fourth-order valence-electron chi connectivity index (χ4n) is 2.23. The molecule has 2 rings (SSSR count). The molecule has 0 saturated carbocycles. The minimum Gasteiger partial charge on any atom is -0.494 e. The summed E-state index contributed by atoms with van der Waals surface area (Å²) in [5.74, 6) is 0.773. The first kappa shape index (κ1) is 13.9. The third kappa shape index (κ3) is 4.55. The van der Waals surface area contributed by atoms with E-state index in [2.05, 4.69) is 17.9 Å². The lowest BCUT2D eigenvalue weighted by Gasteiger charge is -2.30. The van der Waals surface area contributed by atoms with Gasteiger partial charge in [-0.1, -0.05) is 6.07 Å². The molecule has 1 fully saturated rings. The quantitative estimate of drug-likeness (QED) is 0.760. The van der Waals surface area contributed by atoms with Crippen molar-refractivity contribution >= 4 is 0 Å². The molecule has 1 heterocycles. The van der Waals surface area contributed by atoms with Crippen molar-refractivity contribution in [1.82, 2.24) is 4.90 Å². The van der Waals surface area contributed by atoms with Gasteiger partial charge in [0.25, 0.3) is 0 Å². The Kier molecular flexibility index (Phi) is 5.20. The van der Waals surface area contributed by atoms with E-state index in [1.807, 2.05) is 12.1 Å². The molecule has 0 aromatic heterocycles. The van der Waals surface area contributed by atoms with E-state index in [-0.39, 0.29) is 0 Å². The number of benzene rings is 1. The summed E-state index contributed by atoms with van der Waals surface area (Å²) in [4.78, 5) is 2.41. The lowest BCUT2D eigenvalue weighted by atomic mass is 10.2. The molecule has 1 unspecified atom stereocenters. The fourth-order valence-corrected chi connectivity index (χ4v) is 2.23. The summed E-state index contributed by atoms with van der Waals surface area (Å²) >= 11 is 0. The monoisotopic (exact) mass is 260 g/mol. The van der Waals surface area contributed by atoms with Gasteiger partial charge < -0.3 is 9.47 Å². The van der Waals surface area contributed by atoms with Crippen LogP contribution in [0.5, 0.6) is 5.75 Å². The molecule has 0 amide bonds. The second kappa shape index (κ2) is 7.13. The lowest BCUT2D eigenvalue weighted by Crippen LogP contribution is -2.41. The number of ether oxygens (including phenoxy) is 2. The van der Waals surface area contributed by atoms with Gasteiger partial charge in [0, 0.05) is 19.6 Å². The smallest absolute Gasteiger partial charge is 0.120 e. The first-order valence-electron chi connectivity index (χ1n) is 6.75. The van der Waals surface area contributed by atoms with Gasteiger partial charge >= 0.3 is 0 Å². The Morgan fingerprint density at radius 2 is 2.42 bits per heavy atom. The van der Waals surface area contributed by atoms with Crippen LogP contribution in [0.15, 0.2) is 24.3 Å². The predicted molar refractivity (Wildman–Crippen MR) is 73.1 cm³/mol. The van der Waals surface area contributed by atoms with Gasteiger partial charge in [0.1, 0.15) is 5.75 Å². The predicted octanol–water partition coefficient (Wildman–Crippen LogP) is 2.05. The second-order valence-electron chi connectivity index (χ2n) is 4.82. The van der Waals surface area contributed by atoms with Gasteiger partial charge in [0.15, 0.2) is 0 Å². The Balaban J connectivity index is 1.67. The molecule has 1 aromatic carbocycles. The van der Waals surface area contributed by atoms with Crippen LogP contribution in [0.4, 0.5) is 0 Å². The fraction of sp³-hybridized carbons (Fsp3) is 0.533. The van der Waals surface area contributed by atoms with Crippen molar-refractivity contribution in [3.8, 4) is 11.8 Å². The highest BCUT2D eigenvalue weighted by Crippen LogP contribution is 2.13. The zero-order valence-corrected chi connectivity index (χ0v) is 11.3. The van der Waals surface area contributed by atoms with Crippen LogP contribution in [-0.4, -0.2) is 43.9 Å². The summed E-state index contributed by atoms with van der Waals surface area (Å²) < 4.78 is 11.2. The molecule has 0 radical (unpaired) electrons. The van der Waals surface area contributed by atoms with E-state index >= 15 is 0 Å². The molecule has 1 atom stereocenters. The summed E-state index contributed by atoms with van der Waals surface area (Å²) in [6, 6.07) is 9.40. The SMILES string of the molecule is CC1CN(CCCOc2cccc(C#N)c2)CCO1. The molecule has 0 bridgehead atoms. The van der Waals surface area contributed by atoms with Crippen LogP contribution in [0.25, 0.3) is 0 Å². The molecule has 19 heavy (non-hydrogen) atoms. The molecule has 1 saturated heterocycles. The Bertz CT molecular complexity index is 442. The number of hydrogen-bond acceptors (Lipinski definition) is 4. The van der Waals surface area contributed by atoms with Crippen molar-refractivity contribution in [3.05, 3.63) is 29.8 Å². The molecule has 0 spiro atoms. The molecule has 4 heteroatoms. The zero-order chi connectivity index (χ0) is 13.5. The highest BCUT2D eigenvalue weighted by atomic mass is 16.5. The van der Waals surface area contributed by atoms with Gasteiger partial charge in [-0.25, -0.2) is 0 Å². The van der Waals surface area contributed by atoms with E-state index < -0.39 is 0 Å². The van der Waals surface area contributed by atoms with Crippen LogP contribution in [0, 0.1) is 11.3 Å². The Hall–Kier alpha value is -1.57. The summed E-state index contributed by atoms with van der Waals surface area (Å²) in [5, 5.41) is 8.80. The van der Waals surface area contributed by atoms with E-state index in [1.54, 1.807) is 12.1 Å². The Morgan fingerprint density at radius 1 is 1.53 bits per heavy atom. The average molecular weight is 260 g/mol. The molecule has 1 aromatic rings.